The molecule has 1 unspecified atom stereocenters. The highest BCUT2D eigenvalue weighted by atomic mass is 16.5. The number of benzene rings is 1. The molecule has 0 spiro atoms. The van der Waals surface area contributed by atoms with Gasteiger partial charge in [0.15, 0.2) is 0 Å². The van der Waals surface area contributed by atoms with Gasteiger partial charge in [-0.1, -0.05) is 18.2 Å². The largest absolute Gasteiger partial charge is 0.493 e. The van der Waals surface area contributed by atoms with Gasteiger partial charge < -0.3 is 9.64 Å². The molecule has 0 saturated carbocycles. The highest BCUT2D eigenvalue weighted by molar-refractivity contribution is 5.76. The fraction of sp³-hybridized carbons (Fsp3) is 0.500. The van der Waals surface area contributed by atoms with Crippen LogP contribution < -0.4 is 4.74 Å². The molecule has 128 valence electrons. The molecule has 6 nitrogen and oxygen atoms in total. The third-order valence-corrected chi connectivity index (χ3v) is 4.33. The van der Waals surface area contributed by atoms with E-state index in [9.17, 15) is 4.79 Å². The fourth-order valence-electron chi connectivity index (χ4n) is 3.19. The van der Waals surface area contributed by atoms with Crippen LogP contribution in [0.5, 0.6) is 5.75 Å². The highest BCUT2D eigenvalue weighted by Gasteiger charge is 2.26. The van der Waals surface area contributed by atoms with Crippen LogP contribution in [0.3, 0.4) is 0 Å². The summed E-state index contributed by atoms with van der Waals surface area (Å²) >= 11 is 0. The van der Waals surface area contributed by atoms with Crippen LogP contribution in [0.4, 0.5) is 0 Å². The predicted molar refractivity (Wildman–Crippen MR) is 90.9 cm³/mol. The zero-order valence-corrected chi connectivity index (χ0v) is 14.3. The third kappa shape index (κ3) is 3.93. The lowest BCUT2D eigenvalue weighted by atomic mass is 10.1. The van der Waals surface area contributed by atoms with Crippen LogP contribution in [0.25, 0.3) is 0 Å². The maximum absolute atomic E-state index is 12.5. The van der Waals surface area contributed by atoms with Crippen LogP contribution in [-0.4, -0.2) is 45.3 Å². The first-order valence-corrected chi connectivity index (χ1v) is 8.49. The normalized spacial score (nSPS) is 17.8. The van der Waals surface area contributed by atoms with Crippen molar-refractivity contribution < 1.29 is 9.53 Å². The molecule has 1 aromatic carbocycles. The smallest absolute Gasteiger partial charge is 0.226 e. The summed E-state index contributed by atoms with van der Waals surface area (Å²) in [4.78, 5) is 18.8. The molecule has 1 aliphatic heterocycles. The summed E-state index contributed by atoms with van der Waals surface area (Å²) < 4.78 is 7.59. The van der Waals surface area contributed by atoms with E-state index < -0.39 is 0 Å². The molecule has 1 saturated heterocycles. The fourth-order valence-corrected chi connectivity index (χ4v) is 3.19. The Balaban J connectivity index is 1.52. The Morgan fingerprint density at radius 3 is 2.79 bits per heavy atom. The van der Waals surface area contributed by atoms with Crippen LogP contribution in [0.15, 0.2) is 30.3 Å². The van der Waals surface area contributed by atoms with Crippen molar-refractivity contribution in [2.24, 2.45) is 0 Å². The Kier molecular flexibility index (Phi) is 5.13. The van der Waals surface area contributed by atoms with Crippen molar-refractivity contribution >= 4 is 5.91 Å². The number of piperidine rings is 1. The van der Waals surface area contributed by atoms with Gasteiger partial charge in [0.1, 0.15) is 17.4 Å². The van der Waals surface area contributed by atoms with E-state index >= 15 is 0 Å². The third-order valence-electron chi connectivity index (χ3n) is 4.33. The van der Waals surface area contributed by atoms with Crippen LogP contribution in [0.1, 0.15) is 37.0 Å². The lowest BCUT2D eigenvalue weighted by Gasteiger charge is -2.33. The van der Waals surface area contributed by atoms with Crippen molar-refractivity contribution in [3.8, 4) is 5.75 Å². The van der Waals surface area contributed by atoms with Gasteiger partial charge in [-0.2, -0.15) is 5.10 Å². The quantitative estimate of drug-likeness (QED) is 0.846. The Hall–Kier alpha value is -2.37. The second-order valence-electron chi connectivity index (χ2n) is 6.20. The molecule has 0 radical (unpaired) electrons. The summed E-state index contributed by atoms with van der Waals surface area (Å²) in [5.74, 6) is 2.65. The minimum absolute atomic E-state index is 0.144. The molecule has 1 amide bonds. The number of rotatable bonds is 5. The topological polar surface area (TPSA) is 60.2 Å². The van der Waals surface area contributed by atoms with Crippen LogP contribution in [-0.2, 0) is 4.79 Å². The number of amides is 1. The first-order valence-electron chi connectivity index (χ1n) is 8.49. The maximum Gasteiger partial charge on any atom is 0.226 e. The summed E-state index contributed by atoms with van der Waals surface area (Å²) in [7, 11) is 0. The summed E-state index contributed by atoms with van der Waals surface area (Å²) in [6.07, 6.45) is 2.43. The summed E-state index contributed by atoms with van der Waals surface area (Å²) in [6.45, 7) is 5.79. The van der Waals surface area contributed by atoms with E-state index in [0.29, 0.717) is 19.6 Å². The van der Waals surface area contributed by atoms with Crippen LogP contribution >= 0.6 is 0 Å². The summed E-state index contributed by atoms with van der Waals surface area (Å²) in [5.41, 5.74) is 0. The van der Waals surface area contributed by atoms with Crippen LogP contribution in [0, 0.1) is 13.8 Å². The van der Waals surface area contributed by atoms with Gasteiger partial charge in [0, 0.05) is 13.1 Å². The minimum atomic E-state index is 0.144. The molecule has 1 atom stereocenters. The van der Waals surface area contributed by atoms with Crippen molar-refractivity contribution in [2.45, 2.75) is 39.2 Å². The van der Waals surface area contributed by atoms with Gasteiger partial charge in [-0.25, -0.2) is 9.67 Å². The molecular formula is C18H24N4O2. The van der Waals surface area contributed by atoms with E-state index in [1.54, 1.807) is 0 Å². The van der Waals surface area contributed by atoms with E-state index in [2.05, 4.69) is 10.1 Å². The summed E-state index contributed by atoms with van der Waals surface area (Å²) in [6, 6.07) is 9.82. The van der Waals surface area contributed by atoms with Gasteiger partial charge >= 0.3 is 0 Å². The highest BCUT2D eigenvalue weighted by Crippen LogP contribution is 2.22. The molecule has 2 heterocycles. The second kappa shape index (κ2) is 7.47. The number of hydrogen-bond acceptors (Lipinski definition) is 4. The van der Waals surface area contributed by atoms with Gasteiger partial charge in [-0.3, -0.25) is 4.79 Å². The second-order valence-corrected chi connectivity index (χ2v) is 6.20. The molecule has 1 aromatic heterocycles. The number of nitrogens with zero attached hydrogens (tertiary/aromatic N) is 4. The summed E-state index contributed by atoms with van der Waals surface area (Å²) in [5, 5.41) is 4.47. The van der Waals surface area contributed by atoms with Gasteiger partial charge in [-0.05, 0) is 38.8 Å². The van der Waals surface area contributed by atoms with E-state index in [1.165, 1.54) is 0 Å². The van der Waals surface area contributed by atoms with Crippen molar-refractivity contribution in [1.29, 1.82) is 0 Å². The minimum Gasteiger partial charge on any atom is -0.493 e. The average molecular weight is 328 g/mol. The molecule has 1 fully saturated rings. The molecule has 6 heteroatoms. The Labute approximate surface area is 142 Å². The van der Waals surface area contributed by atoms with E-state index in [0.717, 1.165) is 36.8 Å². The van der Waals surface area contributed by atoms with Crippen molar-refractivity contribution in [2.75, 3.05) is 19.7 Å². The van der Waals surface area contributed by atoms with Gasteiger partial charge in [0.2, 0.25) is 5.91 Å². The lowest BCUT2D eigenvalue weighted by molar-refractivity contribution is -0.133. The number of para-hydroxylation sites is 1. The molecule has 0 bridgehead atoms. The Morgan fingerprint density at radius 1 is 1.29 bits per heavy atom. The molecular weight excluding hydrogens is 304 g/mol. The van der Waals surface area contributed by atoms with Crippen LogP contribution in [0.2, 0.25) is 0 Å². The number of aryl methyl sites for hydroxylation is 2. The molecule has 0 N–H and O–H groups in total. The molecule has 24 heavy (non-hydrogen) atoms. The Bertz CT molecular complexity index is 684. The number of carbonyl (C=O) groups is 1. The van der Waals surface area contributed by atoms with E-state index in [1.807, 2.05) is 53.8 Å². The molecule has 0 aliphatic carbocycles. The SMILES string of the molecule is Cc1nc(C)n(C2CCCN(C(=O)CCOc3ccccc3)C2)n1. The molecule has 3 rings (SSSR count). The van der Waals surface area contributed by atoms with Gasteiger partial charge in [-0.15, -0.1) is 0 Å². The number of carbonyl (C=O) groups excluding carboxylic acids is 1. The maximum atomic E-state index is 12.5. The van der Waals surface area contributed by atoms with E-state index in [-0.39, 0.29) is 11.9 Å². The standard InChI is InChI=1S/C18H24N4O2/c1-14-19-15(2)22(20-14)16-7-6-11-21(13-16)18(23)10-12-24-17-8-4-3-5-9-17/h3-5,8-9,16H,6-7,10-13H2,1-2H3. The zero-order chi connectivity index (χ0) is 16.9. The monoisotopic (exact) mass is 328 g/mol. The van der Waals surface area contributed by atoms with Gasteiger partial charge in [0.25, 0.3) is 0 Å². The zero-order valence-electron chi connectivity index (χ0n) is 14.3. The number of hydrogen-bond donors (Lipinski definition) is 0. The average Bonchev–Trinajstić information content (AvgIpc) is 2.94. The van der Waals surface area contributed by atoms with Crippen molar-refractivity contribution in [1.82, 2.24) is 19.7 Å². The number of aromatic nitrogens is 3. The first kappa shape index (κ1) is 16.5. The Morgan fingerprint density at radius 2 is 2.08 bits per heavy atom. The van der Waals surface area contributed by atoms with Gasteiger partial charge in [0.05, 0.1) is 19.1 Å². The number of likely N-dealkylation sites (tertiary alicyclic amines) is 1. The number of ether oxygens (including phenoxy) is 1. The van der Waals surface area contributed by atoms with E-state index in [4.69, 9.17) is 4.74 Å². The lowest BCUT2D eigenvalue weighted by Crippen LogP contribution is -2.41. The van der Waals surface area contributed by atoms with Crippen molar-refractivity contribution in [3.05, 3.63) is 42.0 Å². The first-order chi connectivity index (χ1) is 11.6. The predicted octanol–water partition coefficient (Wildman–Crippen LogP) is 2.53. The van der Waals surface area contributed by atoms with Crippen molar-refractivity contribution in [3.63, 3.8) is 0 Å². The molecule has 1 aliphatic rings. The molecule has 2 aromatic rings.